The fourth-order valence-corrected chi connectivity index (χ4v) is 9.27. The molecule has 2 aromatic carbocycles. The van der Waals surface area contributed by atoms with Gasteiger partial charge in [0.1, 0.15) is 40.4 Å². The molecular weight excluding hydrogens is 1110 g/mol. The van der Waals surface area contributed by atoms with Gasteiger partial charge in [-0.05, 0) is 82.2 Å². The summed E-state index contributed by atoms with van der Waals surface area (Å²) in [5, 5.41) is 33.2. The Morgan fingerprint density at radius 1 is 0.964 bits per heavy atom. The van der Waals surface area contributed by atoms with Gasteiger partial charge in [-0.25, -0.2) is 14.4 Å². The molecule has 0 spiro atoms. The van der Waals surface area contributed by atoms with Gasteiger partial charge in [0.2, 0.25) is 23.6 Å². The van der Waals surface area contributed by atoms with E-state index >= 15 is 0 Å². The minimum absolute atomic E-state index is 0.00123. The smallest absolute Gasteiger partial charge is 0.409 e. The van der Waals surface area contributed by atoms with Gasteiger partial charge in [0.25, 0.3) is 17.7 Å². The van der Waals surface area contributed by atoms with Crippen LogP contribution in [0.2, 0.25) is 5.02 Å². The average molecular weight is 1190 g/mol. The van der Waals surface area contributed by atoms with Gasteiger partial charge in [-0.1, -0.05) is 62.1 Å². The molecule has 6 atom stereocenters. The molecule has 2 saturated heterocycles. The number of allylic oxidation sites excluding steroid dienone is 3. The first kappa shape index (κ1) is 68.5. The number of carboxylic acid groups (broad SMARTS) is 1. The Kier molecular flexibility index (Phi) is 27.2. The highest BCUT2D eigenvalue weighted by molar-refractivity contribution is 6.35. The first-order valence-corrected chi connectivity index (χ1v) is 28.1. The quantitative estimate of drug-likeness (QED) is 0.0490. The number of imide groups is 1. The van der Waals surface area contributed by atoms with Crippen molar-refractivity contribution in [1.29, 1.82) is 0 Å². The lowest BCUT2D eigenvalue weighted by atomic mass is 9.96. The molecule has 0 radical (unpaired) electrons. The summed E-state index contributed by atoms with van der Waals surface area (Å²) in [7, 11) is 5.94. The van der Waals surface area contributed by atoms with E-state index in [0.717, 1.165) is 20.9 Å². The molecule has 0 aromatic heterocycles. The lowest BCUT2D eigenvalue weighted by Crippen LogP contribution is -2.56. The molecule has 4 aliphatic heterocycles. The highest BCUT2D eigenvalue weighted by Crippen LogP contribution is 2.38. The number of alkyl carbamates (subject to hydrolysis) is 1. The van der Waals surface area contributed by atoms with Crippen LogP contribution in [0.1, 0.15) is 121 Å². The summed E-state index contributed by atoms with van der Waals surface area (Å²) in [5.41, 5.74) is 6.32. The summed E-state index contributed by atoms with van der Waals surface area (Å²) in [4.78, 5) is 126. The van der Waals surface area contributed by atoms with Crippen LogP contribution in [0.5, 0.6) is 11.5 Å². The molecule has 25 nitrogen and oxygen atoms in total. The summed E-state index contributed by atoms with van der Waals surface area (Å²) >= 11 is 6.54. The summed E-state index contributed by atoms with van der Waals surface area (Å²) in [6, 6.07) is 4.87. The van der Waals surface area contributed by atoms with Crippen molar-refractivity contribution in [1.82, 2.24) is 31.1 Å². The molecule has 6 rings (SSSR count). The molecule has 84 heavy (non-hydrogen) atoms. The van der Waals surface area contributed by atoms with Crippen LogP contribution in [0.3, 0.4) is 0 Å². The van der Waals surface area contributed by atoms with E-state index in [1.54, 1.807) is 19.1 Å². The van der Waals surface area contributed by atoms with Crippen LogP contribution in [0, 0.1) is 0 Å². The molecule has 2 aromatic rings. The highest BCUT2D eigenvalue weighted by atomic mass is 35.5. The number of urea groups is 1. The fourth-order valence-electron chi connectivity index (χ4n) is 8.96. The van der Waals surface area contributed by atoms with Gasteiger partial charge in [-0.3, -0.25) is 43.8 Å². The molecule has 2 fully saturated rings. The standard InChI is InChI=1S/C30H41N7O10.C25H31ClN2O6.C3H8/c1-18(29(44)45)36(2)28(43)20-11-10-19(47-3)16-22(20)35-27(42)21(8-7-14-32-30(31)46)34-24(39)17-33-23(38)9-5-4-6-15-37-25(40)12-13-26(37)41;1-15-6-4-5-9-25(31)14-17(33-24(30)27-25)13-20-19(34-20)7-8-22(29)28(2)18-11-16(10-15)12-21(32-3)23(18)26;1-3-2/h10-13,16,18,21H,4-9,14-15,17H2,1-3H3,(H,33,38)(H,34,39)(H,35,42)(H,44,45)(H3,31,32,46);4-6,11-12,17,19-20,31H,7-10,13-14H2,1-3H3,(H,27,30);3H2,1-2H3/b;5-4+,15-6+;/t18-,21?;17?,19?,20?,25-;/m01./s1. The third kappa shape index (κ3) is 21.6. The van der Waals surface area contributed by atoms with Gasteiger partial charge in [-0.15, -0.1) is 0 Å². The summed E-state index contributed by atoms with van der Waals surface area (Å²) in [5.74, 6) is -3.77. The maximum absolute atomic E-state index is 13.4. The molecule has 4 unspecified atom stereocenters. The number of hydrogen-bond acceptors (Lipinski definition) is 15. The van der Waals surface area contributed by atoms with Gasteiger partial charge in [-0.2, -0.15) is 0 Å². The number of fused-ring (bicyclic) bond motifs is 5. The number of primary amides is 1. The normalized spacial score (nSPS) is 20.9. The molecule has 26 heteroatoms. The number of hydrogen-bond donors (Lipinski definition) is 8. The third-order valence-corrected chi connectivity index (χ3v) is 14.1. The third-order valence-electron chi connectivity index (χ3n) is 13.7. The van der Waals surface area contributed by atoms with E-state index in [0.29, 0.717) is 61.4 Å². The minimum atomic E-state index is -1.37. The van der Waals surface area contributed by atoms with E-state index < -0.39 is 72.2 Å². The first-order valence-electron chi connectivity index (χ1n) is 27.8. The number of amides is 10. The molecule has 4 bridgehead atoms. The summed E-state index contributed by atoms with van der Waals surface area (Å²) < 4.78 is 21.8. The van der Waals surface area contributed by atoms with Crippen LogP contribution in [0.15, 0.2) is 66.3 Å². The zero-order chi connectivity index (χ0) is 62.3. The van der Waals surface area contributed by atoms with Crippen LogP contribution in [-0.2, 0) is 49.5 Å². The van der Waals surface area contributed by atoms with E-state index in [9.17, 15) is 58.2 Å². The number of carbonyl (C=O) groups is 10. The maximum atomic E-state index is 13.4. The number of carboxylic acids is 1. The van der Waals surface area contributed by atoms with E-state index in [4.69, 9.17) is 36.3 Å². The number of epoxide rings is 1. The second kappa shape index (κ2) is 33.3. The predicted molar refractivity (Wildman–Crippen MR) is 311 cm³/mol. The number of nitrogens with two attached hydrogens (primary N) is 1. The Morgan fingerprint density at radius 3 is 2.32 bits per heavy atom. The zero-order valence-electron chi connectivity index (χ0n) is 48.9. The number of carbonyl (C=O) groups excluding carboxylic acids is 9. The number of likely N-dealkylation sites (N-methyl/N-ethyl adjacent to an activating group) is 1. The van der Waals surface area contributed by atoms with Crippen LogP contribution < -0.4 is 46.7 Å². The molecule has 10 amide bonds. The SMILES string of the molecule is CCC.COc1cc2cc(c1Cl)N(C)C(=O)CCC1OC1CC1C[C@](O)(C/C=C/C=C(\C)C2)NC(=O)O1.COc1ccc(C(=O)N(C)[C@@H](C)C(=O)O)c(NC(=O)C(CCCNC(N)=O)NC(=O)CNC(=O)CCCCCN2C(=O)C=CC2=O)c1. The van der Waals surface area contributed by atoms with Gasteiger partial charge in [0.15, 0.2) is 0 Å². The lowest BCUT2D eigenvalue weighted by molar-refractivity contribution is -0.141. The van der Waals surface area contributed by atoms with E-state index in [2.05, 4.69) is 40.4 Å². The second-order valence-electron chi connectivity index (χ2n) is 20.6. The number of ether oxygens (including phenoxy) is 4. The predicted octanol–water partition coefficient (Wildman–Crippen LogP) is 5.01. The van der Waals surface area contributed by atoms with Crippen molar-refractivity contribution in [3.05, 3.63) is 82.4 Å². The Bertz CT molecular complexity index is 2790. The van der Waals surface area contributed by atoms with Crippen molar-refractivity contribution in [2.75, 3.05) is 58.2 Å². The molecule has 4 aliphatic rings. The second-order valence-corrected chi connectivity index (χ2v) is 21.0. The van der Waals surface area contributed by atoms with Crippen molar-refractivity contribution in [2.45, 2.75) is 147 Å². The molecule has 4 heterocycles. The van der Waals surface area contributed by atoms with Crippen molar-refractivity contribution >= 4 is 82.4 Å². The van der Waals surface area contributed by atoms with Gasteiger partial charge >= 0.3 is 18.1 Å². The van der Waals surface area contributed by atoms with Crippen molar-refractivity contribution in [2.24, 2.45) is 5.73 Å². The summed E-state index contributed by atoms with van der Waals surface area (Å²) in [6.07, 6.45) is 12.4. The zero-order valence-corrected chi connectivity index (χ0v) is 49.6. The average Bonchev–Trinajstić information content (AvgIpc) is 4.01. The number of methoxy groups -OCH3 is 2. The Hall–Kier alpha value is -8.03. The van der Waals surface area contributed by atoms with Crippen LogP contribution in [0.25, 0.3) is 0 Å². The Morgan fingerprint density at radius 2 is 1.67 bits per heavy atom. The number of rotatable bonds is 20. The highest BCUT2D eigenvalue weighted by Gasteiger charge is 2.45. The first-order chi connectivity index (χ1) is 39.8. The molecule has 9 N–H and O–H groups in total. The monoisotopic (exact) mass is 1190 g/mol. The molecular formula is C58H80ClN9O16. The topological polar surface area (TPSA) is 347 Å². The van der Waals surface area contributed by atoms with Crippen molar-refractivity contribution in [3.8, 4) is 11.5 Å². The largest absolute Gasteiger partial charge is 0.497 e. The Balaban J connectivity index is 0.000000359. The number of nitrogens with zero attached hydrogens (tertiary/aromatic N) is 3. The number of aliphatic hydroxyl groups is 1. The van der Waals surface area contributed by atoms with Gasteiger partial charge in [0, 0.05) is 77.5 Å². The number of anilines is 2. The fraction of sp³-hybridized carbons (Fsp3) is 0.517. The number of benzene rings is 2. The van der Waals surface area contributed by atoms with Crippen LogP contribution in [-0.4, -0.2) is 164 Å². The van der Waals surface area contributed by atoms with E-state index in [1.165, 1.54) is 57.9 Å². The number of aliphatic carboxylic acids is 1. The number of nitrogens with one attached hydrogen (secondary N) is 5. The van der Waals surface area contributed by atoms with E-state index in [1.807, 2.05) is 37.3 Å². The van der Waals surface area contributed by atoms with E-state index in [-0.39, 0.29) is 92.1 Å². The van der Waals surface area contributed by atoms with Crippen LogP contribution in [0.4, 0.5) is 21.0 Å². The number of halogens is 1. The van der Waals surface area contributed by atoms with Crippen molar-refractivity contribution in [3.63, 3.8) is 0 Å². The van der Waals surface area contributed by atoms with Crippen molar-refractivity contribution < 1.29 is 77.1 Å². The van der Waals surface area contributed by atoms with Gasteiger partial charge in [0.05, 0.1) is 49.9 Å². The summed E-state index contributed by atoms with van der Waals surface area (Å²) in [6.45, 7) is 7.48. The van der Waals surface area contributed by atoms with Gasteiger partial charge < -0.3 is 66.0 Å². The lowest BCUT2D eigenvalue weighted by Gasteiger charge is -2.36. The number of unbranched alkanes of at least 4 members (excludes halogenated alkanes) is 2. The van der Waals surface area contributed by atoms with Crippen LogP contribution >= 0.6 is 11.6 Å². The molecule has 0 aliphatic carbocycles. The Labute approximate surface area is 494 Å². The molecule has 460 valence electrons. The molecule has 0 saturated carbocycles. The maximum Gasteiger partial charge on any atom is 0.409 e. The minimum Gasteiger partial charge on any atom is -0.497 e.